The van der Waals surface area contributed by atoms with Gasteiger partial charge in [0, 0.05) is 0 Å². The van der Waals surface area contributed by atoms with Gasteiger partial charge in [0.15, 0.2) is 11.9 Å². The second-order valence-corrected chi connectivity index (χ2v) is 3.35. The highest BCUT2D eigenvalue weighted by molar-refractivity contribution is 5.78. The molecule has 1 saturated heterocycles. The normalized spacial score (nSPS) is 48.9. The van der Waals surface area contributed by atoms with Crippen LogP contribution >= 0.6 is 0 Å². The van der Waals surface area contributed by atoms with E-state index in [9.17, 15) is 15.0 Å². The van der Waals surface area contributed by atoms with Gasteiger partial charge in [0.25, 0.3) is 0 Å². The molecule has 0 aromatic rings. The fourth-order valence-electron chi connectivity index (χ4n) is 1.25. The Labute approximate surface area is 79.2 Å². The second kappa shape index (κ2) is 3.44. The highest BCUT2D eigenvalue weighted by atomic mass is 16.7. The lowest BCUT2D eigenvalue weighted by molar-refractivity contribution is -0.310. The van der Waals surface area contributed by atoms with Crippen molar-refractivity contribution in [3.63, 3.8) is 0 Å². The molecule has 0 aromatic heterocycles. The van der Waals surface area contributed by atoms with Gasteiger partial charge in [-0.25, -0.2) is 4.79 Å². The number of ether oxygens (including phenoxy) is 1. The van der Waals surface area contributed by atoms with E-state index in [0.717, 1.165) is 6.92 Å². The molecule has 0 aromatic carbocycles. The van der Waals surface area contributed by atoms with Crippen molar-refractivity contribution in [1.29, 1.82) is 0 Å². The largest absolute Gasteiger partial charge is 0.479 e. The molecule has 1 rings (SSSR count). The molecular formula is C7H12O7. The standard InChI is InChI=1S/C7H12O7/c1-7(6(12)13)4(10)2(8)3(9)5(11)14-7/h2-5,8-11H,1H3,(H,12,13)/t2-,3-,4-,5+,7+/m0/s1. The molecule has 0 saturated carbocycles. The van der Waals surface area contributed by atoms with Crippen LogP contribution in [0.2, 0.25) is 0 Å². The third kappa shape index (κ3) is 1.49. The zero-order valence-corrected chi connectivity index (χ0v) is 7.36. The van der Waals surface area contributed by atoms with E-state index in [4.69, 9.17) is 15.3 Å². The van der Waals surface area contributed by atoms with E-state index in [2.05, 4.69) is 4.74 Å². The lowest BCUT2D eigenvalue weighted by Crippen LogP contribution is -2.66. The Balaban J connectivity index is 2.96. The highest BCUT2D eigenvalue weighted by Crippen LogP contribution is 2.28. The number of aliphatic hydroxyl groups is 4. The number of carbonyl (C=O) groups is 1. The number of hydrogen-bond donors (Lipinski definition) is 5. The summed E-state index contributed by atoms with van der Waals surface area (Å²) in [5, 5.41) is 45.3. The van der Waals surface area contributed by atoms with Crippen molar-refractivity contribution in [3.8, 4) is 0 Å². The Morgan fingerprint density at radius 1 is 1.21 bits per heavy atom. The van der Waals surface area contributed by atoms with Crippen LogP contribution in [0.3, 0.4) is 0 Å². The third-order valence-corrected chi connectivity index (χ3v) is 2.32. The summed E-state index contributed by atoms with van der Waals surface area (Å²) in [5.41, 5.74) is -2.13. The van der Waals surface area contributed by atoms with Gasteiger partial charge in [-0.05, 0) is 6.92 Å². The zero-order chi connectivity index (χ0) is 11.1. The Hall–Kier alpha value is -0.730. The molecule has 7 nitrogen and oxygen atoms in total. The van der Waals surface area contributed by atoms with Gasteiger partial charge < -0.3 is 30.3 Å². The van der Waals surface area contributed by atoms with Crippen molar-refractivity contribution in [1.82, 2.24) is 0 Å². The van der Waals surface area contributed by atoms with E-state index in [0.29, 0.717) is 0 Å². The minimum absolute atomic E-state index is 0.998. The SMILES string of the molecule is C[C@@]1(C(=O)O)O[C@@H](O)[C@@H](O)[C@H](O)[C@@H]1O. The van der Waals surface area contributed by atoms with Crippen molar-refractivity contribution in [3.05, 3.63) is 0 Å². The third-order valence-electron chi connectivity index (χ3n) is 2.32. The first-order valence-electron chi connectivity index (χ1n) is 3.94. The van der Waals surface area contributed by atoms with Gasteiger partial charge >= 0.3 is 5.97 Å². The van der Waals surface area contributed by atoms with Crippen LogP contribution in [0.25, 0.3) is 0 Å². The quantitative estimate of drug-likeness (QED) is 0.316. The molecule has 14 heavy (non-hydrogen) atoms. The number of carboxylic acid groups (broad SMARTS) is 1. The molecule has 1 aliphatic rings. The first-order valence-corrected chi connectivity index (χ1v) is 3.94. The zero-order valence-electron chi connectivity index (χ0n) is 7.36. The lowest BCUT2D eigenvalue weighted by Gasteiger charge is -2.42. The van der Waals surface area contributed by atoms with Crippen LogP contribution in [0.15, 0.2) is 0 Å². The maximum Gasteiger partial charge on any atom is 0.338 e. The Bertz CT molecular complexity index is 242. The summed E-state index contributed by atoms with van der Waals surface area (Å²) in [6.45, 7) is 0.998. The van der Waals surface area contributed by atoms with Gasteiger partial charge in [0.05, 0.1) is 0 Å². The van der Waals surface area contributed by atoms with Gasteiger partial charge in [-0.15, -0.1) is 0 Å². The summed E-state index contributed by atoms with van der Waals surface area (Å²) < 4.78 is 4.53. The van der Waals surface area contributed by atoms with Crippen molar-refractivity contribution in [2.24, 2.45) is 0 Å². The summed E-state index contributed by atoms with van der Waals surface area (Å²) in [5.74, 6) is -1.53. The molecule has 0 amide bonds. The molecule has 0 aliphatic carbocycles. The Morgan fingerprint density at radius 2 is 1.71 bits per heavy atom. The van der Waals surface area contributed by atoms with E-state index in [1.165, 1.54) is 0 Å². The van der Waals surface area contributed by atoms with Crippen LogP contribution < -0.4 is 0 Å². The number of carboxylic acids is 1. The number of aliphatic carboxylic acids is 1. The maximum absolute atomic E-state index is 10.7. The summed E-state index contributed by atoms with van der Waals surface area (Å²) in [6.07, 6.45) is -7.13. The van der Waals surface area contributed by atoms with Crippen LogP contribution in [-0.2, 0) is 9.53 Å². The summed E-state index contributed by atoms with van der Waals surface area (Å²) in [6, 6.07) is 0. The predicted molar refractivity (Wildman–Crippen MR) is 41.2 cm³/mol. The van der Waals surface area contributed by atoms with Crippen molar-refractivity contribution in [2.45, 2.75) is 37.1 Å². The molecule has 1 aliphatic heterocycles. The summed E-state index contributed by atoms with van der Waals surface area (Å²) in [4.78, 5) is 10.7. The van der Waals surface area contributed by atoms with Crippen LogP contribution in [0, 0.1) is 0 Å². The van der Waals surface area contributed by atoms with Crippen LogP contribution in [0.1, 0.15) is 6.92 Å². The van der Waals surface area contributed by atoms with E-state index < -0.39 is 36.2 Å². The average Bonchev–Trinajstić information content (AvgIpc) is 2.11. The number of rotatable bonds is 1. The monoisotopic (exact) mass is 208 g/mol. The van der Waals surface area contributed by atoms with Gasteiger partial charge in [-0.2, -0.15) is 0 Å². The highest BCUT2D eigenvalue weighted by Gasteiger charge is 2.55. The molecule has 7 heteroatoms. The molecule has 1 heterocycles. The van der Waals surface area contributed by atoms with Crippen molar-refractivity contribution < 1.29 is 35.1 Å². The second-order valence-electron chi connectivity index (χ2n) is 3.35. The first-order chi connectivity index (χ1) is 6.30. The van der Waals surface area contributed by atoms with E-state index in [1.807, 2.05) is 0 Å². The molecule has 0 spiro atoms. The van der Waals surface area contributed by atoms with E-state index in [-0.39, 0.29) is 0 Å². The molecule has 0 radical (unpaired) electrons. The van der Waals surface area contributed by atoms with Crippen molar-refractivity contribution in [2.75, 3.05) is 0 Å². The molecular weight excluding hydrogens is 196 g/mol. The molecule has 1 fully saturated rings. The molecule has 5 atom stereocenters. The molecule has 5 N–H and O–H groups in total. The maximum atomic E-state index is 10.7. The number of hydrogen-bond acceptors (Lipinski definition) is 6. The van der Waals surface area contributed by atoms with Gasteiger partial charge in [-0.1, -0.05) is 0 Å². The minimum atomic E-state index is -2.13. The lowest BCUT2D eigenvalue weighted by atomic mass is 9.88. The number of aliphatic hydroxyl groups excluding tert-OH is 4. The molecule has 0 bridgehead atoms. The Morgan fingerprint density at radius 3 is 2.14 bits per heavy atom. The van der Waals surface area contributed by atoms with Crippen LogP contribution in [0.5, 0.6) is 0 Å². The van der Waals surface area contributed by atoms with E-state index >= 15 is 0 Å². The van der Waals surface area contributed by atoms with Gasteiger partial charge in [0.2, 0.25) is 0 Å². The minimum Gasteiger partial charge on any atom is -0.479 e. The van der Waals surface area contributed by atoms with Crippen LogP contribution in [-0.4, -0.2) is 61.7 Å². The van der Waals surface area contributed by atoms with Gasteiger partial charge in [0.1, 0.15) is 18.3 Å². The van der Waals surface area contributed by atoms with Crippen LogP contribution in [0.4, 0.5) is 0 Å². The average molecular weight is 208 g/mol. The summed E-state index contributed by atoms with van der Waals surface area (Å²) in [7, 11) is 0. The fraction of sp³-hybridized carbons (Fsp3) is 0.857. The summed E-state index contributed by atoms with van der Waals surface area (Å²) >= 11 is 0. The Kier molecular flexibility index (Phi) is 2.79. The molecule has 82 valence electrons. The van der Waals surface area contributed by atoms with Gasteiger partial charge in [-0.3, -0.25) is 0 Å². The molecule has 0 unspecified atom stereocenters. The smallest absolute Gasteiger partial charge is 0.338 e. The fourth-order valence-corrected chi connectivity index (χ4v) is 1.25. The topological polar surface area (TPSA) is 127 Å². The van der Waals surface area contributed by atoms with Crippen molar-refractivity contribution >= 4 is 5.97 Å². The first kappa shape index (κ1) is 11.3. The van der Waals surface area contributed by atoms with E-state index in [1.54, 1.807) is 0 Å². The predicted octanol–water partition coefficient (Wildman–Crippen LogP) is -2.74.